The highest BCUT2D eigenvalue weighted by atomic mass is 16.5. The summed E-state index contributed by atoms with van der Waals surface area (Å²) >= 11 is 0. The summed E-state index contributed by atoms with van der Waals surface area (Å²) in [6.07, 6.45) is 4.88. The molecule has 2 fully saturated rings. The Labute approximate surface area is 187 Å². The zero-order chi connectivity index (χ0) is 22.4. The summed E-state index contributed by atoms with van der Waals surface area (Å²) in [6, 6.07) is 8.18. The lowest BCUT2D eigenvalue weighted by atomic mass is 9.92. The van der Waals surface area contributed by atoms with Gasteiger partial charge in [-0.25, -0.2) is 0 Å². The largest absolute Gasteiger partial charge is 0.507 e. The Bertz CT molecular complexity index is 1100. The molecule has 0 bridgehead atoms. The van der Waals surface area contributed by atoms with E-state index >= 15 is 0 Å². The van der Waals surface area contributed by atoms with Crippen molar-refractivity contribution in [2.45, 2.75) is 51.1 Å². The third-order valence-electron chi connectivity index (χ3n) is 6.81. The average Bonchev–Trinajstić information content (AvgIpc) is 3.35. The molecule has 1 saturated carbocycles. The van der Waals surface area contributed by atoms with Crippen molar-refractivity contribution in [2.24, 2.45) is 0 Å². The SMILES string of the molecule is Cc1ccc(C2/C(=C(/O)c3ccc4c(c3)N(C)CCO4)C(=O)C(=O)N2C2CCCCC2)o1. The maximum absolute atomic E-state index is 13.2. The van der Waals surface area contributed by atoms with E-state index in [9.17, 15) is 14.7 Å². The maximum atomic E-state index is 13.2. The first-order valence-corrected chi connectivity index (χ1v) is 11.3. The molecule has 1 aromatic heterocycles. The molecule has 1 aromatic carbocycles. The van der Waals surface area contributed by atoms with Gasteiger partial charge in [-0.2, -0.15) is 0 Å². The number of hydrogen-bond donors (Lipinski definition) is 1. The van der Waals surface area contributed by atoms with E-state index in [1.807, 2.05) is 31.0 Å². The fraction of sp³-hybridized carbons (Fsp3) is 0.440. The summed E-state index contributed by atoms with van der Waals surface area (Å²) in [5, 5.41) is 11.3. The van der Waals surface area contributed by atoms with Gasteiger partial charge in [0.2, 0.25) is 0 Å². The number of Topliss-reactive ketones (excluding diaryl/α,β-unsaturated/α-hetero) is 1. The third kappa shape index (κ3) is 3.36. The Hall–Kier alpha value is -3.22. The molecule has 5 rings (SSSR count). The predicted molar refractivity (Wildman–Crippen MR) is 120 cm³/mol. The molecular weight excluding hydrogens is 408 g/mol. The van der Waals surface area contributed by atoms with Gasteiger partial charge in [-0.3, -0.25) is 9.59 Å². The van der Waals surface area contributed by atoms with E-state index < -0.39 is 17.7 Å². The number of furan rings is 1. The Morgan fingerprint density at radius 1 is 1.09 bits per heavy atom. The highest BCUT2D eigenvalue weighted by Gasteiger charge is 2.50. The number of aryl methyl sites for hydroxylation is 1. The van der Waals surface area contributed by atoms with Gasteiger partial charge in [0.1, 0.15) is 35.7 Å². The Kier molecular flexibility index (Phi) is 5.19. The molecule has 7 heteroatoms. The second-order valence-corrected chi connectivity index (χ2v) is 8.90. The molecule has 1 N–H and O–H groups in total. The predicted octanol–water partition coefficient (Wildman–Crippen LogP) is 4.17. The van der Waals surface area contributed by atoms with Crippen molar-refractivity contribution in [2.75, 3.05) is 25.1 Å². The fourth-order valence-corrected chi connectivity index (χ4v) is 5.12. The lowest BCUT2D eigenvalue weighted by Crippen LogP contribution is -2.40. The Morgan fingerprint density at radius 2 is 1.88 bits per heavy atom. The molecular formula is C25H28N2O5. The minimum absolute atomic E-state index is 0.0380. The van der Waals surface area contributed by atoms with Crippen LogP contribution in [0.2, 0.25) is 0 Å². The van der Waals surface area contributed by atoms with E-state index in [0.29, 0.717) is 23.7 Å². The first kappa shape index (κ1) is 20.7. The Balaban J connectivity index is 1.63. The molecule has 168 valence electrons. The monoisotopic (exact) mass is 436 g/mol. The molecule has 2 aromatic rings. The highest BCUT2D eigenvalue weighted by molar-refractivity contribution is 6.46. The number of amides is 1. The molecule has 1 unspecified atom stereocenters. The van der Waals surface area contributed by atoms with Crippen LogP contribution in [0.4, 0.5) is 5.69 Å². The van der Waals surface area contributed by atoms with E-state index in [0.717, 1.165) is 50.1 Å². The van der Waals surface area contributed by atoms with Gasteiger partial charge in [-0.05, 0) is 50.1 Å². The van der Waals surface area contributed by atoms with Crippen LogP contribution in [0, 0.1) is 6.92 Å². The fourth-order valence-electron chi connectivity index (χ4n) is 5.12. The number of likely N-dealkylation sites (N-methyl/N-ethyl adjacent to an activating group) is 1. The summed E-state index contributed by atoms with van der Waals surface area (Å²) in [6.45, 7) is 3.16. The molecule has 1 aliphatic carbocycles. The van der Waals surface area contributed by atoms with Crippen LogP contribution in [-0.4, -0.2) is 47.9 Å². The summed E-state index contributed by atoms with van der Waals surface area (Å²) in [7, 11) is 1.96. The molecule has 3 heterocycles. The van der Waals surface area contributed by atoms with Crippen LogP contribution in [0.25, 0.3) is 5.76 Å². The molecule has 1 atom stereocenters. The standard InChI is InChI=1S/C25H28N2O5/c1-15-8-10-20(32-15)22-21(24(29)25(30)27(22)17-6-4-3-5-7-17)23(28)16-9-11-19-18(14-16)26(2)12-13-31-19/h8-11,14,17,22,28H,3-7,12-13H2,1-2H3/b23-21-. The number of nitrogens with zero attached hydrogens (tertiary/aromatic N) is 2. The van der Waals surface area contributed by atoms with Crippen molar-refractivity contribution in [1.29, 1.82) is 0 Å². The first-order chi connectivity index (χ1) is 15.5. The van der Waals surface area contributed by atoms with Crippen LogP contribution in [0.1, 0.15) is 55.2 Å². The first-order valence-electron chi connectivity index (χ1n) is 11.3. The van der Waals surface area contributed by atoms with Crippen LogP contribution in [0.3, 0.4) is 0 Å². The van der Waals surface area contributed by atoms with Crippen molar-refractivity contribution in [3.05, 3.63) is 53.0 Å². The number of carbonyl (C=O) groups is 2. The highest BCUT2D eigenvalue weighted by Crippen LogP contribution is 2.44. The van der Waals surface area contributed by atoms with Gasteiger partial charge in [0.05, 0.1) is 17.8 Å². The molecule has 1 amide bonds. The van der Waals surface area contributed by atoms with Gasteiger partial charge in [0.15, 0.2) is 0 Å². The number of likely N-dealkylation sites (tertiary alicyclic amines) is 1. The van der Waals surface area contributed by atoms with Crippen molar-refractivity contribution in [3.8, 4) is 5.75 Å². The number of ether oxygens (including phenoxy) is 1. The van der Waals surface area contributed by atoms with E-state index in [1.54, 1.807) is 23.1 Å². The molecule has 3 aliphatic rings. The van der Waals surface area contributed by atoms with E-state index in [2.05, 4.69) is 0 Å². The minimum Gasteiger partial charge on any atom is -0.507 e. The lowest BCUT2D eigenvalue weighted by Gasteiger charge is -2.34. The molecule has 2 aliphatic heterocycles. The van der Waals surface area contributed by atoms with Crippen molar-refractivity contribution in [3.63, 3.8) is 0 Å². The van der Waals surface area contributed by atoms with Crippen molar-refractivity contribution in [1.82, 2.24) is 4.90 Å². The number of aliphatic hydroxyl groups excluding tert-OH is 1. The third-order valence-corrected chi connectivity index (χ3v) is 6.81. The van der Waals surface area contributed by atoms with Crippen LogP contribution < -0.4 is 9.64 Å². The van der Waals surface area contributed by atoms with Crippen molar-refractivity contribution < 1.29 is 23.8 Å². The number of anilines is 1. The minimum atomic E-state index is -0.725. The van der Waals surface area contributed by atoms with E-state index in [1.165, 1.54) is 0 Å². The van der Waals surface area contributed by atoms with Crippen LogP contribution in [0.5, 0.6) is 5.75 Å². The Morgan fingerprint density at radius 3 is 2.59 bits per heavy atom. The molecule has 0 radical (unpaired) electrons. The second-order valence-electron chi connectivity index (χ2n) is 8.90. The zero-order valence-corrected chi connectivity index (χ0v) is 18.5. The summed E-state index contributed by atoms with van der Waals surface area (Å²) < 4.78 is 11.6. The van der Waals surface area contributed by atoms with Gasteiger partial charge in [-0.15, -0.1) is 0 Å². The zero-order valence-electron chi connectivity index (χ0n) is 18.5. The molecule has 0 spiro atoms. The maximum Gasteiger partial charge on any atom is 0.296 e. The average molecular weight is 437 g/mol. The number of carbonyl (C=O) groups excluding carboxylic acids is 2. The summed E-state index contributed by atoms with van der Waals surface area (Å²) in [5.74, 6) is 0.540. The lowest BCUT2D eigenvalue weighted by molar-refractivity contribution is -0.142. The molecule has 32 heavy (non-hydrogen) atoms. The van der Waals surface area contributed by atoms with Gasteiger partial charge < -0.3 is 24.1 Å². The van der Waals surface area contributed by atoms with Crippen LogP contribution in [0.15, 0.2) is 40.3 Å². The number of ketones is 1. The quantitative estimate of drug-likeness (QED) is 0.442. The topological polar surface area (TPSA) is 83.2 Å². The second kappa shape index (κ2) is 8.04. The van der Waals surface area contributed by atoms with Crippen molar-refractivity contribution >= 4 is 23.1 Å². The normalized spacial score (nSPS) is 23.4. The molecule has 7 nitrogen and oxygen atoms in total. The van der Waals surface area contributed by atoms with Gasteiger partial charge in [-0.1, -0.05) is 19.3 Å². The van der Waals surface area contributed by atoms with E-state index in [4.69, 9.17) is 9.15 Å². The van der Waals surface area contributed by atoms with Gasteiger partial charge >= 0.3 is 0 Å². The van der Waals surface area contributed by atoms with E-state index in [-0.39, 0.29) is 17.4 Å². The smallest absolute Gasteiger partial charge is 0.296 e. The van der Waals surface area contributed by atoms with Gasteiger partial charge in [0, 0.05) is 18.7 Å². The number of benzene rings is 1. The molecule has 1 saturated heterocycles. The summed E-state index contributed by atoms with van der Waals surface area (Å²) in [4.78, 5) is 30.1. The number of aliphatic hydroxyl groups is 1. The van der Waals surface area contributed by atoms with Gasteiger partial charge in [0.25, 0.3) is 11.7 Å². The van der Waals surface area contributed by atoms with Crippen LogP contribution in [-0.2, 0) is 9.59 Å². The number of fused-ring (bicyclic) bond motifs is 1. The number of rotatable bonds is 3. The number of hydrogen-bond acceptors (Lipinski definition) is 6. The summed E-state index contributed by atoms with van der Waals surface area (Å²) in [5.41, 5.74) is 1.41. The van der Waals surface area contributed by atoms with Crippen LogP contribution >= 0.6 is 0 Å².